The third-order valence-electron chi connectivity index (χ3n) is 3.91. The topological polar surface area (TPSA) is 67.9 Å². The number of hydrogen-bond acceptors (Lipinski definition) is 7. The van der Waals surface area contributed by atoms with E-state index in [1.807, 2.05) is 6.92 Å². The summed E-state index contributed by atoms with van der Waals surface area (Å²) in [6.45, 7) is 5.78. The Kier molecular flexibility index (Phi) is 2.88. The van der Waals surface area contributed by atoms with Crippen LogP contribution in [0, 0.1) is 13.8 Å². The smallest absolute Gasteiger partial charge is 0.231 e. The second kappa shape index (κ2) is 4.77. The molecule has 0 radical (unpaired) electrons. The number of anilines is 1. The van der Waals surface area contributed by atoms with Crippen LogP contribution < -0.4 is 4.90 Å². The summed E-state index contributed by atoms with van der Waals surface area (Å²) >= 11 is 1.67. The highest BCUT2D eigenvalue weighted by molar-refractivity contribution is 7.17. The number of fused-ring (bicyclic) bond motifs is 1. The molecule has 3 aromatic rings. The summed E-state index contributed by atoms with van der Waals surface area (Å²) in [5.74, 6) is 2.75. The first-order valence-electron chi connectivity index (χ1n) is 6.96. The maximum atomic E-state index is 5.31. The first kappa shape index (κ1) is 12.7. The van der Waals surface area contributed by atoms with E-state index in [0.29, 0.717) is 5.82 Å². The summed E-state index contributed by atoms with van der Waals surface area (Å²) in [4.78, 5) is 16.6. The molecule has 3 aromatic heterocycles. The van der Waals surface area contributed by atoms with Crippen LogP contribution >= 0.6 is 11.3 Å². The zero-order valence-corrected chi connectivity index (χ0v) is 12.7. The lowest BCUT2D eigenvalue weighted by Crippen LogP contribution is -2.21. The van der Waals surface area contributed by atoms with Crippen LogP contribution in [0.3, 0.4) is 0 Å². The molecule has 21 heavy (non-hydrogen) atoms. The van der Waals surface area contributed by atoms with E-state index in [9.17, 15) is 0 Å². The number of rotatable bonds is 2. The fourth-order valence-electron chi connectivity index (χ4n) is 2.87. The molecule has 1 saturated heterocycles. The van der Waals surface area contributed by atoms with Gasteiger partial charge >= 0.3 is 0 Å². The minimum absolute atomic E-state index is 0.287. The monoisotopic (exact) mass is 301 g/mol. The van der Waals surface area contributed by atoms with Gasteiger partial charge in [-0.05, 0) is 31.2 Å². The fourth-order valence-corrected chi connectivity index (χ4v) is 3.76. The zero-order valence-electron chi connectivity index (χ0n) is 11.9. The Labute approximate surface area is 125 Å². The molecular weight excluding hydrogens is 286 g/mol. The van der Waals surface area contributed by atoms with E-state index in [2.05, 4.69) is 37.3 Å². The van der Waals surface area contributed by atoms with Gasteiger partial charge in [0.1, 0.15) is 17.0 Å². The van der Waals surface area contributed by atoms with Crippen LogP contribution in [0.15, 0.2) is 16.2 Å². The van der Waals surface area contributed by atoms with Crippen molar-refractivity contribution in [3.05, 3.63) is 29.0 Å². The van der Waals surface area contributed by atoms with E-state index in [-0.39, 0.29) is 5.92 Å². The molecule has 108 valence electrons. The summed E-state index contributed by atoms with van der Waals surface area (Å²) in [6.07, 6.45) is 2.66. The molecule has 1 atom stereocenters. The maximum absolute atomic E-state index is 5.31. The van der Waals surface area contributed by atoms with Crippen molar-refractivity contribution in [2.24, 2.45) is 0 Å². The molecular formula is C14H15N5OS. The molecule has 0 saturated carbocycles. The second-order valence-electron chi connectivity index (χ2n) is 5.41. The van der Waals surface area contributed by atoms with Crippen LogP contribution in [0.1, 0.15) is 29.6 Å². The van der Waals surface area contributed by atoms with Crippen molar-refractivity contribution in [2.45, 2.75) is 26.2 Å². The Balaban J connectivity index is 1.66. The van der Waals surface area contributed by atoms with Crippen molar-refractivity contribution < 1.29 is 4.52 Å². The number of hydrogen-bond donors (Lipinski definition) is 0. The van der Waals surface area contributed by atoms with E-state index in [4.69, 9.17) is 4.52 Å². The average Bonchev–Trinajstić information content (AvgIpc) is 3.19. The van der Waals surface area contributed by atoms with Gasteiger partial charge in [0, 0.05) is 13.1 Å². The Morgan fingerprint density at radius 1 is 1.33 bits per heavy atom. The van der Waals surface area contributed by atoms with Crippen LogP contribution in [-0.4, -0.2) is 33.2 Å². The lowest BCUT2D eigenvalue weighted by molar-refractivity contribution is 0.356. The van der Waals surface area contributed by atoms with Crippen LogP contribution in [0.4, 0.5) is 5.82 Å². The molecule has 1 unspecified atom stereocenters. The molecule has 0 N–H and O–H groups in total. The Bertz CT molecular complexity index is 796. The normalized spacial score (nSPS) is 18.8. The molecule has 1 aliphatic heterocycles. The van der Waals surface area contributed by atoms with Gasteiger partial charge in [0.15, 0.2) is 5.82 Å². The summed E-state index contributed by atoms with van der Waals surface area (Å²) in [5, 5.41) is 7.19. The van der Waals surface area contributed by atoms with Crippen LogP contribution in [0.2, 0.25) is 0 Å². The minimum Gasteiger partial charge on any atom is -0.355 e. The summed E-state index contributed by atoms with van der Waals surface area (Å²) < 4.78 is 5.31. The van der Waals surface area contributed by atoms with Gasteiger partial charge in [-0.25, -0.2) is 9.97 Å². The Hall–Kier alpha value is -2.02. The predicted octanol–water partition coefficient (Wildman–Crippen LogP) is 2.69. The van der Waals surface area contributed by atoms with Gasteiger partial charge in [-0.3, -0.25) is 0 Å². The summed E-state index contributed by atoms with van der Waals surface area (Å²) in [5.41, 5.74) is 1.24. The first-order valence-corrected chi connectivity index (χ1v) is 7.84. The van der Waals surface area contributed by atoms with E-state index in [1.165, 1.54) is 10.9 Å². The van der Waals surface area contributed by atoms with Gasteiger partial charge in [-0.15, -0.1) is 11.3 Å². The molecule has 0 aromatic carbocycles. The first-order chi connectivity index (χ1) is 10.2. The molecule has 0 bridgehead atoms. The van der Waals surface area contributed by atoms with Gasteiger partial charge in [0.25, 0.3) is 0 Å². The second-order valence-corrected chi connectivity index (χ2v) is 6.27. The quantitative estimate of drug-likeness (QED) is 0.725. The Morgan fingerprint density at radius 2 is 2.24 bits per heavy atom. The molecule has 4 rings (SSSR count). The lowest BCUT2D eigenvalue weighted by atomic mass is 10.1. The van der Waals surface area contributed by atoms with Crippen LogP contribution in [0.25, 0.3) is 10.2 Å². The number of thiophene rings is 1. The molecule has 6 nitrogen and oxygen atoms in total. The summed E-state index contributed by atoms with van der Waals surface area (Å²) in [7, 11) is 0. The van der Waals surface area contributed by atoms with Crippen LogP contribution in [0.5, 0.6) is 0 Å². The highest BCUT2D eigenvalue weighted by Crippen LogP contribution is 2.35. The van der Waals surface area contributed by atoms with E-state index < -0.39 is 0 Å². The van der Waals surface area contributed by atoms with Crippen molar-refractivity contribution in [2.75, 3.05) is 18.0 Å². The SMILES string of the molecule is Cc1noc(C2CCN(c3ncnc4scc(C)c34)C2)n1. The number of nitrogens with zero attached hydrogens (tertiary/aromatic N) is 5. The number of aryl methyl sites for hydroxylation is 2. The van der Waals surface area contributed by atoms with Crippen molar-refractivity contribution in [1.29, 1.82) is 0 Å². The van der Waals surface area contributed by atoms with E-state index in [1.54, 1.807) is 17.7 Å². The van der Waals surface area contributed by atoms with Gasteiger partial charge < -0.3 is 9.42 Å². The molecule has 7 heteroatoms. The lowest BCUT2D eigenvalue weighted by Gasteiger charge is -2.17. The van der Waals surface area contributed by atoms with Gasteiger partial charge in [-0.1, -0.05) is 5.16 Å². The minimum atomic E-state index is 0.287. The van der Waals surface area contributed by atoms with Crippen molar-refractivity contribution in [1.82, 2.24) is 20.1 Å². The van der Waals surface area contributed by atoms with Crippen molar-refractivity contribution >= 4 is 27.4 Å². The van der Waals surface area contributed by atoms with Gasteiger partial charge in [0.2, 0.25) is 5.89 Å². The Morgan fingerprint density at radius 3 is 3.05 bits per heavy atom. The van der Waals surface area contributed by atoms with E-state index in [0.717, 1.165) is 36.0 Å². The fraction of sp³-hybridized carbons (Fsp3) is 0.429. The number of aromatic nitrogens is 4. The van der Waals surface area contributed by atoms with Crippen molar-refractivity contribution in [3.8, 4) is 0 Å². The third-order valence-corrected chi connectivity index (χ3v) is 4.92. The van der Waals surface area contributed by atoms with E-state index >= 15 is 0 Å². The standard InChI is InChI=1S/C14H15N5OS/c1-8-6-21-14-11(8)12(15-7-16-14)19-4-3-10(5-19)13-17-9(2)18-20-13/h6-7,10H,3-5H2,1-2H3. The molecule has 0 amide bonds. The molecule has 1 fully saturated rings. The highest BCUT2D eigenvalue weighted by atomic mass is 32.1. The predicted molar refractivity (Wildman–Crippen MR) is 80.8 cm³/mol. The highest BCUT2D eigenvalue weighted by Gasteiger charge is 2.30. The van der Waals surface area contributed by atoms with Crippen LogP contribution in [-0.2, 0) is 0 Å². The largest absolute Gasteiger partial charge is 0.355 e. The van der Waals surface area contributed by atoms with Crippen molar-refractivity contribution in [3.63, 3.8) is 0 Å². The van der Waals surface area contributed by atoms with Gasteiger partial charge in [0.05, 0.1) is 11.3 Å². The summed E-state index contributed by atoms with van der Waals surface area (Å²) in [6, 6.07) is 0. The zero-order chi connectivity index (χ0) is 14.4. The van der Waals surface area contributed by atoms with Gasteiger partial charge in [-0.2, -0.15) is 4.98 Å². The molecule has 0 spiro atoms. The molecule has 4 heterocycles. The molecule has 1 aliphatic rings. The average molecular weight is 301 g/mol. The molecule has 0 aliphatic carbocycles. The maximum Gasteiger partial charge on any atom is 0.231 e. The third kappa shape index (κ3) is 2.08.